The molecule has 8 nitrogen and oxygen atoms in total. The normalized spacial score (nSPS) is 11.7. The number of unbranched alkanes of at least 4 members (excludes halogenated alkanes) is 1. The molecule has 0 aromatic heterocycles. The number of nitro groups is 1. The van der Waals surface area contributed by atoms with Gasteiger partial charge in [0.15, 0.2) is 0 Å². The molecular formula is C12H18N4O4S. The Hall–Kier alpha value is -2.00. The molecule has 0 aliphatic heterocycles. The lowest BCUT2D eigenvalue weighted by Gasteiger charge is -2.04. The summed E-state index contributed by atoms with van der Waals surface area (Å²) in [5.41, 5.74) is 4.16. The van der Waals surface area contributed by atoms with Crippen LogP contribution in [0, 0.1) is 10.1 Å². The van der Waals surface area contributed by atoms with Crippen molar-refractivity contribution >= 4 is 21.9 Å². The number of anilines is 1. The molecule has 0 aliphatic carbocycles. The molecule has 0 bridgehead atoms. The van der Waals surface area contributed by atoms with Gasteiger partial charge in [-0.05, 0) is 31.2 Å². The summed E-state index contributed by atoms with van der Waals surface area (Å²) in [5, 5.41) is 14.0. The van der Waals surface area contributed by atoms with E-state index in [1.165, 1.54) is 7.05 Å². The maximum atomic E-state index is 11.4. The molecule has 0 amide bonds. The first-order valence-corrected chi connectivity index (χ1v) is 7.97. The summed E-state index contributed by atoms with van der Waals surface area (Å²) >= 11 is 0. The van der Waals surface area contributed by atoms with E-state index in [1.807, 2.05) is 0 Å². The Labute approximate surface area is 123 Å². The van der Waals surface area contributed by atoms with Crippen LogP contribution in [0.2, 0.25) is 0 Å². The van der Waals surface area contributed by atoms with Crippen molar-refractivity contribution in [3.05, 3.63) is 39.9 Å². The fourth-order valence-electron chi connectivity index (χ4n) is 1.46. The summed E-state index contributed by atoms with van der Waals surface area (Å²) in [5.74, 6) is -0.0755. The SMILES string of the molecule is CNS(=O)(=O)Cc1ccc(N/N=C\CCC[N+](=O)[O-])cc1. The van der Waals surface area contributed by atoms with Gasteiger partial charge in [-0.1, -0.05) is 12.1 Å². The van der Waals surface area contributed by atoms with Crippen molar-refractivity contribution in [3.8, 4) is 0 Å². The molecule has 1 aromatic rings. The molecule has 1 aromatic carbocycles. The Kier molecular flexibility index (Phi) is 6.76. The highest BCUT2D eigenvalue weighted by molar-refractivity contribution is 7.88. The number of nitrogens with zero attached hydrogens (tertiary/aromatic N) is 2. The van der Waals surface area contributed by atoms with Crippen molar-refractivity contribution in [2.75, 3.05) is 19.0 Å². The first-order valence-electron chi connectivity index (χ1n) is 6.32. The van der Waals surface area contributed by atoms with E-state index in [-0.39, 0.29) is 17.2 Å². The summed E-state index contributed by atoms with van der Waals surface area (Å²) in [7, 11) is -1.90. The molecule has 2 N–H and O–H groups in total. The largest absolute Gasteiger partial charge is 0.279 e. The zero-order chi connectivity index (χ0) is 15.7. The van der Waals surface area contributed by atoms with Crippen molar-refractivity contribution in [3.63, 3.8) is 0 Å². The number of sulfonamides is 1. The van der Waals surface area contributed by atoms with E-state index >= 15 is 0 Å². The second-order valence-corrected chi connectivity index (χ2v) is 6.21. The Morgan fingerprint density at radius 2 is 2.00 bits per heavy atom. The van der Waals surface area contributed by atoms with Gasteiger partial charge >= 0.3 is 0 Å². The maximum Gasteiger partial charge on any atom is 0.215 e. The maximum absolute atomic E-state index is 11.4. The molecule has 0 atom stereocenters. The Balaban J connectivity index is 2.41. The molecular weight excluding hydrogens is 296 g/mol. The van der Waals surface area contributed by atoms with Crippen LogP contribution >= 0.6 is 0 Å². The van der Waals surface area contributed by atoms with Crippen LogP contribution in [0.5, 0.6) is 0 Å². The van der Waals surface area contributed by atoms with E-state index in [0.29, 0.717) is 24.1 Å². The van der Waals surface area contributed by atoms with Crippen molar-refractivity contribution in [2.24, 2.45) is 5.10 Å². The van der Waals surface area contributed by atoms with Crippen LogP contribution in [0.3, 0.4) is 0 Å². The monoisotopic (exact) mass is 314 g/mol. The van der Waals surface area contributed by atoms with Gasteiger partial charge < -0.3 is 0 Å². The second-order valence-electron chi connectivity index (χ2n) is 4.28. The van der Waals surface area contributed by atoms with Crippen molar-refractivity contribution < 1.29 is 13.3 Å². The highest BCUT2D eigenvalue weighted by Gasteiger charge is 2.07. The van der Waals surface area contributed by atoms with Gasteiger partial charge in [0.1, 0.15) is 0 Å². The third kappa shape index (κ3) is 7.37. The lowest BCUT2D eigenvalue weighted by atomic mass is 10.2. The van der Waals surface area contributed by atoms with Gasteiger partial charge in [0.05, 0.1) is 11.4 Å². The van der Waals surface area contributed by atoms with Crippen LogP contribution in [0.15, 0.2) is 29.4 Å². The van der Waals surface area contributed by atoms with Gasteiger partial charge in [-0.15, -0.1) is 0 Å². The number of hydrogen-bond acceptors (Lipinski definition) is 6. The summed E-state index contributed by atoms with van der Waals surface area (Å²) in [6, 6.07) is 6.82. The van der Waals surface area contributed by atoms with Crippen LogP contribution < -0.4 is 10.1 Å². The zero-order valence-electron chi connectivity index (χ0n) is 11.7. The molecule has 0 heterocycles. The highest BCUT2D eigenvalue weighted by atomic mass is 32.2. The zero-order valence-corrected chi connectivity index (χ0v) is 12.5. The first-order chi connectivity index (χ1) is 9.93. The fourth-order valence-corrected chi connectivity index (χ4v) is 2.24. The van der Waals surface area contributed by atoms with E-state index < -0.39 is 10.0 Å². The Bertz CT molecular complexity index is 584. The predicted molar refractivity (Wildman–Crippen MR) is 81.3 cm³/mol. The van der Waals surface area contributed by atoms with Crippen molar-refractivity contribution in [1.82, 2.24) is 4.72 Å². The van der Waals surface area contributed by atoms with Crippen molar-refractivity contribution in [1.29, 1.82) is 0 Å². The molecule has 0 aliphatic rings. The molecule has 0 saturated carbocycles. The lowest BCUT2D eigenvalue weighted by molar-refractivity contribution is -0.480. The summed E-state index contributed by atoms with van der Waals surface area (Å²) in [6.07, 6.45) is 2.54. The van der Waals surface area contributed by atoms with Crippen LogP contribution in [-0.4, -0.2) is 33.1 Å². The van der Waals surface area contributed by atoms with Gasteiger partial charge in [0, 0.05) is 17.6 Å². The molecule has 0 saturated heterocycles. The number of benzene rings is 1. The fraction of sp³-hybridized carbons (Fsp3) is 0.417. The standard InChI is InChI=1S/C12H18N4O4S/c1-13-21(19,20)10-11-4-6-12(7-5-11)15-14-8-2-3-9-16(17)18/h4-8,13,15H,2-3,9-10H2,1H3/b14-8-. The summed E-state index contributed by atoms with van der Waals surface area (Å²) in [6.45, 7) is -0.0688. The first kappa shape index (κ1) is 17.1. The molecule has 116 valence electrons. The lowest BCUT2D eigenvalue weighted by Crippen LogP contribution is -2.20. The molecule has 21 heavy (non-hydrogen) atoms. The van der Waals surface area contributed by atoms with Gasteiger partial charge in [0.2, 0.25) is 16.6 Å². The van der Waals surface area contributed by atoms with Gasteiger partial charge in [-0.3, -0.25) is 15.5 Å². The van der Waals surface area contributed by atoms with Gasteiger partial charge in [0.25, 0.3) is 0 Å². The van der Waals surface area contributed by atoms with E-state index in [4.69, 9.17) is 0 Å². The van der Waals surface area contributed by atoms with Gasteiger partial charge in [-0.2, -0.15) is 5.10 Å². The number of nitrogens with one attached hydrogen (secondary N) is 2. The average molecular weight is 314 g/mol. The van der Waals surface area contributed by atoms with E-state index in [9.17, 15) is 18.5 Å². The minimum atomic E-state index is -3.27. The summed E-state index contributed by atoms with van der Waals surface area (Å²) < 4.78 is 25.0. The number of rotatable bonds is 9. The van der Waals surface area contributed by atoms with E-state index in [1.54, 1.807) is 30.5 Å². The van der Waals surface area contributed by atoms with E-state index in [0.717, 1.165) is 0 Å². The smallest absolute Gasteiger partial charge is 0.215 e. The third-order valence-electron chi connectivity index (χ3n) is 2.58. The molecule has 0 spiro atoms. The van der Waals surface area contributed by atoms with Crippen molar-refractivity contribution in [2.45, 2.75) is 18.6 Å². The molecule has 9 heteroatoms. The topological polar surface area (TPSA) is 114 Å². The van der Waals surface area contributed by atoms with Crippen LogP contribution in [-0.2, 0) is 15.8 Å². The molecule has 1 rings (SSSR count). The quantitative estimate of drug-likeness (QED) is 0.307. The van der Waals surface area contributed by atoms with Crippen LogP contribution in [0.25, 0.3) is 0 Å². The summed E-state index contributed by atoms with van der Waals surface area (Å²) in [4.78, 5) is 9.74. The number of hydrogen-bond donors (Lipinski definition) is 2. The predicted octanol–water partition coefficient (Wildman–Crippen LogP) is 1.19. The van der Waals surface area contributed by atoms with E-state index in [2.05, 4.69) is 15.2 Å². The van der Waals surface area contributed by atoms with Crippen LogP contribution in [0.1, 0.15) is 18.4 Å². The molecule has 0 fully saturated rings. The average Bonchev–Trinajstić information content (AvgIpc) is 2.44. The van der Waals surface area contributed by atoms with Crippen LogP contribution in [0.4, 0.5) is 5.69 Å². The molecule has 0 unspecified atom stereocenters. The minimum absolute atomic E-state index is 0.0688. The second kappa shape index (κ2) is 8.32. The Morgan fingerprint density at radius 3 is 2.57 bits per heavy atom. The highest BCUT2D eigenvalue weighted by Crippen LogP contribution is 2.11. The van der Waals surface area contributed by atoms with Gasteiger partial charge in [-0.25, -0.2) is 13.1 Å². The Morgan fingerprint density at radius 1 is 1.33 bits per heavy atom. The molecule has 0 radical (unpaired) electrons. The third-order valence-corrected chi connectivity index (χ3v) is 3.92. The number of hydrazone groups is 1. The minimum Gasteiger partial charge on any atom is -0.279 e.